The molecule has 1 N–H and O–H groups in total. The minimum Gasteiger partial charge on any atom is -0.395 e. The highest BCUT2D eigenvalue weighted by Gasteiger charge is 2.39. The van der Waals surface area contributed by atoms with E-state index >= 15 is 0 Å². The van der Waals surface area contributed by atoms with Crippen molar-refractivity contribution in [2.45, 2.75) is 30.1 Å². The van der Waals surface area contributed by atoms with Crippen LogP contribution < -0.4 is 0 Å². The number of nitrogens with zero attached hydrogens (tertiary/aromatic N) is 1. The maximum absolute atomic E-state index is 12.8. The third-order valence-electron chi connectivity index (χ3n) is 5.03. The van der Waals surface area contributed by atoms with Crippen molar-refractivity contribution in [2.75, 3.05) is 19.7 Å². The number of hydrogen-bond donors (Lipinski definition) is 1. The second-order valence-corrected chi connectivity index (χ2v) is 8.46. The third-order valence-corrected chi connectivity index (χ3v) is 6.94. The van der Waals surface area contributed by atoms with E-state index in [2.05, 4.69) is 0 Å². The molecule has 0 spiro atoms. The monoisotopic (exact) mass is 345 g/mol. The van der Waals surface area contributed by atoms with Crippen LogP contribution in [-0.4, -0.2) is 37.5 Å². The summed E-state index contributed by atoms with van der Waals surface area (Å²) in [5.41, 5.74) is 1.77. The van der Waals surface area contributed by atoms with E-state index in [1.807, 2.05) is 49.4 Å². The molecular weight excluding hydrogens is 322 g/mol. The van der Waals surface area contributed by atoms with Crippen LogP contribution in [0.1, 0.15) is 24.0 Å². The molecule has 0 atom stereocenters. The number of piperidine rings is 1. The zero-order valence-corrected chi connectivity index (χ0v) is 14.7. The van der Waals surface area contributed by atoms with Crippen LogP contribution >= 0.6 is 0 Å². The Balaban J connectivity index is 1.80. The minimum absolute atomic E-state index is 0.0371. The van der Waals surface area contributed by atoms with Gasteiger partial charge in [-0.05, 0) is 37.5 Å². The molecule has 1 aliphatic rings. The second-order valence-electron chi connectivity index (χ2n) is 6.52. The molecule has 1 saturated heterocycles. The van der Waals surface area contributed by atoms with Gasteiger partial charge in [-0.3, -0.25) is 0 Å². The van der Waals surface area contributed by atoms with Crippen molar-refractivity contribution < 1.29 is 13.5 Å². The van der Waals surface area contributed by atoms with Crippen molar-refractivity contribution in [2.24, 2.45) is 0 Å². The molecule has 0 aliphatic carbocycles. The molecule has 1 aliphatic heterocycles. The van der Waals surface area contributed by atoms with Crippen molar-refractivity contribution in [3.8, 4) is 0 Å². The molecule has 0 bridgehead atoms. The van der Waals surface area contributed by atoms with Crippen LogP contribution in [0, 0.1) is 6.92 Å². The van der Waals surface area contributed by atoms with Crippen molar-refractivity contribution >= 4 is 10.0 Å². The molecule has 3 rings (SSSR count). The SMILES string of the molecule is Cc1ccc(S(=O)(=O)N2CCC(CO)(c3ccccc3)CC2)cc1. The standard InChI is InChI=1S/C19H23NO3S/c1-16-7-9-18(10-8-16)24(22,23)20-13-11-19(15-21,12-14-20)17-5-3-2-4-6-17/h2-10,21H,11-15H2,1H3. The summed E-state index contributed by atoms with van der Waals surface area (Å²) in [5.74, 6) is 0. The smallest absolute Gasteiger partial charge is 0.243 e. The molecule has 2 aromatic rings. The van der Waals surface area contributed by atoms with Gasteiger partial charge in [-0.25, -0.2) is 8.42 Å². The van der Waals surface area contributed by atoms with Gasteiger partial charge in [-0.15, -0.1) is 0 Å². The summed E-state index contributed by atoms with van der Waals surface area (Å²) in [7, 11) is -3.47. The maximum atomic E-state index is 12.8. The summed E-state index contributed by atoms with van der Waals surface area (Å²) < 4.78 is 27.1. The molecule has 2 aromatic carbocycles. The first-order valence-corrected chi connectivity index (χ1v) is 9.65. The predicted molar refractivity (Wildman–Crippen MR) is 94.4 cm³/mol. The molecule has 24 heavy (non-hydrogen) atoms. The van der Waals surface area contributed by atoms with Gasteiger partial charge in [-0.1, -0.05) is 48.0 Å². The Hall–Kier alpha value is -1.69. The summed E-state index contributed by atoms with van der Waals surface area (Å²) in [6, 6.07) is 16.9. The molecule has 4 nitrogen and oxygen atoms in total. The zero-order valence-electron chi connectivity index (χ0n) is 13.9. The van der Waals surface area contributed by atoms with Gasteiger partial charge in [0.1, 0.15) is 0 Å². The Morgan fingerprint density at radius 2 is 1.58 bits per heavy atom. The molecule has 5 heteroatoms. The van der Waals surface area contributed by atoms with Crippen LogP contribution in [0.3, 0.4) is 0 Å². The number of sulfonamides is 1. The van der Waals surface area contributed by atoms with Crippen LogP contribution in [-0.2, 0) is 15.4 Å². The molecule has 0 saturated carbocycles. The predicted octanol–water partition coefficient (Wildman–Crippen LogP) is 2.71. The summed E-state index contributed by atoms with van der Waals surface area (Å²) in [6.45, 7) is 2.82. The molecule has 1 fully saturated rings. The van der Waals surface area contributed by atoms with E-state index in [9.17, 15) is 13.5 Å². The largest absolute Gasteiger partial charge is 0.395 e. The number of hydrogen-bond acceptors (Lipinski definition) is 3. The highest BCUT2D eigenvalue weighted by molar-refractivity contribution is 7.89. The van der Waals surface area contributed by atoms with E-state index in [1.165, 1.54) is 4.31 Å². The Bertz CT molecular complexity index is 777. The van der Waals surface area contributed by atoms with E-state index < -0.39 is 10.0 Å². The molecule has 0 amide bonds. The van der Waals surface area contributed by atoms with E-state index in [0.29, 0.717) is 30.8 Å². The Kier molecular flexibility index (Phi) is 4.76. The summed E-state index contributed by atoms with van der Waals surface area (Å²) in [6.07, 6.45) is 1.25. The van der Waals surface area contributed by atoms with E-state index in [1.54, 1.807) is 12.1 Å². The average molecular weight is 345 g/mol. The van der Waals surface area contributed by atoms with Gasteiger partial charge in [-0.2, -0.15) is 4.31 Å². The zero-order chi connectivity index (χ0) is 17.2. The summed E-state index contributed by atoms with van der Waals surface area (Å²) >= 11 is 0. The van der Waals surface area contributed by atoms with Crippen molar-refractivity contribution in [3.05, 3.63) is 65.7 Å². The van der Waals surface area contributed by atoms with Gasteiger partial charge in [0.15, 0.2) is 0 Å². The highest BCUT2D eigenvalue weighted by atomic mass is 32.2. The lowest BCUT2D eigenvalue weighted by Gasteiger charge is -2.40. The average Bonchev–Trinajstić information content (AvgIpc) is 2.63. The minimum atomic E-state index is -3.47. The van der Waals surface area contributed by atoms with Gasteiger partial charge in [0.05, 0.1) is 11.5 Å². The summed E-state index contributed by atoms with van der Waals surface area (Å²) in [4.78, 5) is 0.337. The van der Waals surface area contributed by atoms with Crippen LogP contribution in [0.25, 0.3) is 0 Å². The number of aliphatic hydroxyl groups excluding tert-OH is 1. The van der Waals surface area contributed by atoms with Gasteiger partial charge in [0, 0.05) is 18.5 Å². The normalized spacial score (nSPS) is 18.4. The van der Waals surface area contributed by atoms with E-state index in [0.717, 1.165) is 11.1 Å². The van der Waals surface area contributed by atoms with Crippen LogP contribution in [0.15, 0.2) is 59.5 Å². The van der Waals surface area contributed by atoms with Crippen molar-refractivity contribution in [1.29, 1.82) is 0 Å². The Morgan fingerprint density at radius 1 is 1.00 bits per heavy atom. The van der Waals surface area contributed by atoms with Crippen LogP contribution in [0.5, 0.6) is 0 Å². The van der Waals surface area contributed by atoms with Gasteiger partial charge >= 0.3 is 0 Å². The molecule has 0 aromatic heterocycles. The van der Waals surface area contributed by atoms with E-state index in [4.69, 9.17) is 0 Å². The summed E-state index contributed by atoms with van der Waals surface area (Å²) in [5, 5.41) is 9.96. The molecule has 128 valence electrons. The first-order valence-electron chi connectivity index (χ1n) is 8.21. The number of rotatable bonds is 4. The fourth-order valence-electron chi connectivity index (χ4n) is 3.34. The highest BCUT2D eigenvalue weighted by Crippen LogP contribution is 2.36. The van der Waals surface area contributed by atoms with Crippen LogP contribution in [0.2, 0.25) is 0 Å². The first-order chi connectivity index (χ1) is 11.5. The number of benzene rings is 2. The fraction of sp³-hybridized carbons (Fsp3) is 0.368. The lowest BCUT2D eigenvalue weighted by molar-refractivity contribution is 0.134. The fourth-order valence-corrected chi connectivity index (χ4v) is 4.79. The Morgan fingerprint density at radius 3 is 2.12 bits per heavy atom. The lowest BCUT2D eigenvalue weighted by Crippen LogP contribution is -2.46. The van der Waals surface area contributed by atoms with E-state index in [-0.39, 0.29) is 12.0 Å². The molecular formula is C19H23NO3S. The number of aryl methyl sites for hydroxylation is 1. The van der Waals surface area contributed by atoms with Gasteiger partial charge < -0.3 is 5.11 Å². The first kappa shape index (κ1) is 17.1. The Labute approximate surface area is 143 Å². The molecule has 0 radical (unpaired) electrons. The lowest BCUT2D eigenvalue weighted by atomic mass is 9.74. The van der Waals surface area contributed by atoms with Crippen molar-refractivity contribution in [3.63, 3.8) is 0 Å². The topological polar surface area (TPSA) is 57.6 Å². The van der Waals surface area contributed by atoms with Gasteiger partial charge in [0.2, 0.25) is 10.0 Å². The van der Waals surface area contributed by atoms with Gasteiger partial charge in [0.25, 0.3) is 0 Å². The van der Waals surface area contributed by atoms with Crippen molar-refractivity contribution in [1.82, 2.24) is 4.31 Å². The number of aliphatic hydroxyl groups is 1. The van der Waals surface area contributed by atoms with Crippen LogP contribution in [0.4, 0.5) is 0 Å². The maximum Gasteiger partial charge on any atom is 0.243 e. The second kappa shape index (κ2) is 6.67. The molecule has 0 unspecified atom stereocenters. The third kappa shape index (κ3) is 3.11. The quantitative estimate of drug-likeness (QED) is 0.927. The molecule has 1 heterocycles.